The Labute approximate surface area is 155 Å². The van der Waals surface area contributed by atoms with Crippen molar-refractivity contribution in [2.24, 2.45) is 0 Å². The molecule has 1 saturated heterocycles. The predicted molar refractivity (Wildman–Crippen MR) is 105 cm³/mol. The summed E-state index contributed by atoms with van der Waals surface area (Å²) in [5.74, 6) is 0. The van der Waals surface area contributed by atoms with Crippen molar-refractivity contribution in [3.63, 3.8) is 0 Å². The predicted octanol–water partition coefficient (Wildman–Crippen LogP) is 2.48. The van der Waals surface area contributed by atoms with E-state index in [0.717, 1.165) is 19.3 Å². The van der Waals surface area contributed by atoms with Crippen LogP contribution in [0.4, 0.5) is 4.79 Å². The van der Waals surface area contributed by atoms with Gasteiger partial charge in [-0.3, -0.25) is 0 Å². The van der Waals surface area contributed by atoms with E-state index < -0.39 is 5.60 Å². The van der Waals surface area contributed by atoms with E-state index >= 15 is 0 Å². The molecule has 0 aliphatic carbocycles. The number of carbonyl (C=O) groups excluding carboxylic acids is 1. The van der Waals surface area contributed by atoms with Crippen molar-refractivity contribution in [1.29, 1.82) is 0 Å². The zero-order valence-corrected chi connectivity index (χ0v) is 15.7. The van der Waals surface area contributed by atoms with Crippen LogP contribution in [-0.2, 0) is 6.42 Å². The fourth-order valence-corrected chi connectivity index (χ4v) is 3.93. The standard InChI is InChI=1S/C21H29N3O2/c1-23(2)15-21(26)12-6-14-24(16-21)20(25)22-13-11-18-9-5-8-17-7-3-4-10-19(17)18/h3-5,7-10,26H,6,11-16H2,1-2H3,(H,22,25)/t21-/m0/s1. The minimum absolute atomic E-state index is 0.0814. The monoisotopic (exact) mass is 355 g/mol. The fraction of sp³-hybridized carbons (Fsp3) is 0.476. The van der Waals surface area contributed by atoms with Crippen LogP contribution in [0.2, 0.25) is 0 Å². The molecule has 0 bridgehead atoms. The largest absolute Gasteiger partial charge is 0.387 e. The second-order valence-electron chi connectivity index (χ2n) is 7.61. The second-order valence-corrected chi connectivity index (χ2v) is 7.61. The summed E-state index contributed by atoms with van der Waals surface area (Å²) in [6.07, 6.45) is 2.37. The molecule has 1 atom stereocenters. The van der Waals surface area contributed by atoms with Crippen LogP contribution in [-0.4, -0.2) is 66.8 Å². The van der Waals surface area contributed by atoms with Crippen LogP contribution >= 0.6 is 0 Å². The number of nitrogens with one attached hydrogen (secondary N) is 1. The number of fused-ring (bicyclic) bond motifs is 1. The van der Waals surface area contributed by atoms with Crippen molar-refractivity contribution in [3.8, 4) is 0 Å². The highest BCUT2D eigenvalue weighted by Crippen LogP contribution is 2.22. The van der Waals surface area contributed by atoms with Crippen LogP contribution in [0, 0.1) is 0 Å². The van der Waals surface area contributed by atoms with E-state index in [4.69, 9.17) is 0 Å². The Morgan fingerprint density at radius 2 is 2.00 bits per heavy atom. The number of likely N-dealkylation sites (N-methyl/N-ethyl adjacent to an activating group) is 1. The summed E-state index contributed by atoms with van der Waals surface area (Å²) in [7, 11) is 3.89. The second kappa shape index (κ2) is 8.06. The number of carbonyl (C=O) groups is 1. The number of hydrogen-bond donors (Lipinski definition) is 2. The molecule has 2 aromatic rings. The summed E-state index contributed by atoms with van der Waals surface area (Å²) >= 11 is 0. The van der Waals surface area contributed by atoms with Crippen molar-refractivity contribution in [1.82, 2.24) is 15.1 Å². The van der Waals surface area contributed by atoms with E-state index in [1.165, 1.54) is 16.3 Å². The van der Waals surface area contributed by atoms with Gasteiger partial charge in [0.15, 0.2) is 0 Å². The van der Waals surface area contributed by atoms with E-state index in [9.17, 15) is 9.90 Å². The maximum absolute atomic E-state index is 12.5. The number of rotatable bonds is 5. The lowest BCUT2D eigenvalue weighted by Crippen LogP contribution is -2.56. The maximum Gasteiger partial charge on any atom is 0.317 e. The van der Waals surface area contributed by atoms with E-state index in [0.29, 0.717) is 26.2 Å². The number of likely N-dealkylation sites (tertiary alicyclic amines) is 1. The average Bonchev–Trinajstić information content (AvgIpc) is 2.60. The third-order valence-electron chi connectivity index (χ3n) is 5.00. The first-order valence-corrected chi connectivity index (χ1v) is 9.33. The molecule has 26 heavy (non-hydrogen) atoms. The van der Waals surface area contributed by atoms with Gasteiger partial charge in [0.1, 0.15) is 0 Å². The van der Waals surface area contributed by atoms with E-state index in [2.05, 4.69) is 35.6 Å². The first-order chi connectivity index (χ1) is 12.5. The molecule has 5 nitrogen and oxygen atoms in total. The van der Waals surface area contributed by atoms with Gasteiger partial charge in [-0.25, -0.2) is 4.79 Å². The summed E-state index contributed by atoms with van der Waals surface area (Å²) in [6.45, 7) is 2.27. The molecule has 1 fully saturated rings. The maximum atomic E-state index is 12.5. The van der Waals surface area contributed by atoms with Crippen LogP contribution in [0.25, 0.3) is 10.8 Å². The van der Waals surface area contributed by atoms with E-state index in [-0.39, 0.29) is 6.03 Å². The van der Waals surface area contributed by atoms with Gasteiger partial charge in [-0.1, -0.05) is 42.5 Å². The first-order valence-electron chi connectivity index (χ1n) is 9.33. The van der Waals surface area contributed by atoms with E-state index in [1.807, 2.05) is 31.1 Å². The molecular weight excluding hydrogens is 326 g/mol. The van der Waals surface area contributed by atoms with Crippen LogP contribution < -0.4 is 5.32 Å². The number of aliphatic hydroxyl groups is 1. The molecular formula is C21H29N3O2. The van der Waals surface area contributed by atoms with Crippen LogP contribution in [0.1, 0.15) is 18.4 Å². The number of benzene rings is 2. The Bertz CT molecular complexity index is 757. The molecule has 1 aliphatic rings. The minimum Gasteiger partial charge on any atom is -0.387 e. The zero-order chi connectivity index (χ0) is 18.6. The molecule has 1 aliphatic heterocycles. The molecule has 1 heterocycles. The van der Waals surface area contributed by atoms with Gasteiger partial charge in [0.2, 0.25) is 0 Å². The Hall–Kier alpha value is -2.11. The summed E-state index contributed by atoms with van der Waals surface area (Å²) in [5, 5.41) is 16.2. The first kappa shape index (κ1) is 18.7. The van der Waals surface area contributed by atoms with E-state index in [1.54, 1.807) is 4.90 Å². The molecule has 2 amide bonds. The van der Waals surface area contributed by atoms with Crippen LogP contribution in [0.5, 0.6) is 0 Å². The van der Waals surface area contributed by atoms with Crippen molar-refractivity contribution in [2.45, 2.75) is 24.9 Å². The molecule has 2 aromatic carbocycles. The Morgan fingerprint density at radius 1 is 1.23 bits per heavy atom. The molecule has 0 saturated carbocycles. The zero-order valence-electron chi connectivity index (χ0n) is 15.7. The number of nitrogens with zero attached hydrogens (tertiary/aromatic N) is 2. The molecule has 5 heteroatoms. The number of urea groups is 1. The molecule has 0 aromatic heterocycles. The Morgan fingerprint density at radius 3 is 2.81 bits per heavy atom. The topological polar surface area (TPSA) is 55.8 Å². The molecule has 140 valence electrons. The third-order valence-corrected chi connectivity index (χ3v) is 5.00. The van der Waals surface area contributed by atoms with Crippen LogP contribution in [0.15, 0.2) is 42.5 Å². The molecule has 0 radical (unpaired) electrons. The lowest BCUT2D eigenvalue weighted by Gasteiger charge is -2.40. The SMILES string of the molecule is CN(C)C[C@@]1(O)CCCN(C(=O)NCCc2cccc3ccccc23)C1. The number of β-amino-alcohol motifs (C(OH)–C–C–N with tert-alkyl or cyclic N) is 1. The number of amides is 2. The molecule has 2 N–H and O–H groups in total. The van der Waals surface area contributed by atoms with Gasteiger partial charge >= 0.3 is 6.03 Å². The highest BCUT2D eigenvalue weighted by Gasteiger charge is 2.35. The van der Waals surface area contributed by atoms with Gasteiger partial charge in [-0.05, 0) is 49.7 Å². The lowest BCUT2D eigenvalue weighted by atomic mass is 9.92. The Kier molecular flexibility index (Phi) is 5.79. The van der Waals surface area contributed by atoms with Crippen molar-refractivity contribution >= 4 is 16.8 Å². The normalized spacial score (nSPS) is 20.5. The smallest absolute Gasteiger partial charge is 0.317 e. The molecule has 3 rings (SSSR count). The number of piperidine rings is 1. The summed E-state index contributed by atoms with van der Waals surface area (Å²) in [6, 6.07) is 14.5. The van der Waals surface area contributed by atoms with Crippen LogP contribution in [0.3, 0.4) is 0 Å². The Balaban J connectivity index is 1.55. The summed E-state index contributed by atoms with van der Waals surface area (Å²) in [4.78, 5) is 16.2. The lowest BCUT2D eigenvalue weighted by molar-refractivity contribution is -0.0346. The highest BCUT2D eigenvalue weighted by molar-refractivity contribution is 5.85. The van der Waals surface area contributed by atoms with Crippen molar-refractivity contribution in [2.75, 3.05) is 40.3 Å². The van der Waals surface area contributed by atoms with Gasteiger partial charge in [0.25, 0.3) is 0 Å². The van der Waals surface area contributed by atoms with Gasteiger partial charge in [0.05, 0.1) is 12.1 Å². The summed E-state index contributed by atoms with van der Waals surface area (Å²) < 4.78 is 0. The molecule has 0 unspecified atom stereocenters. The number of hydrogen-bond acceptors (Lipinski definition) is 3. The average molecular weight is 355 g/mol. The van der Waals surface area contributed by atoms with Gasteiger partial charge in [-0.15, -0.1) is 0 Å². The van der Waals surface area contributed by atoms with Gasteiger partial charge in [-0.2, -0.15) is 0 Å². The van der Waals surface area contributed by atoms with Gasteiger partial charge < -0.3 is 20.2 Å². The van der Waals surface area contributed by atoms with Crippen molar-refractivity contribution in [3.05, 3.63) is 48.0 Å². The van der Waals surface area contributed by atoms with Crippen molar-refractivity contribution < 1.29 is 9.90 Å². The fourth-order valence-electron chi connectivity index (χ4n) is 3.93. The quantitative estimate of drug-likeness (QED) is 0.866. The minimum atomic E-state index is -0.811. The highest BCUT2D eigenvalue weighted by atomic mass is 16.3. The molecule has 0 spiro atoms. The summed E-state index contributed by atoms with van der Waals surface area (Å²) in [5.41, 5.74) is 0.431. The third kappa shape index (κ3) is 4.54. The van der Waals surface area contributed by atoms with Gasteiger partial charge in [0, 0.05) is 19.6 Å².